The minimum absolute atomic E-state index is 0.473. The van der Waals surface area contributed by atoms with Gasteiger partial charge in [0, 0.05) is 27.3 Å². The van der Waals surface area contributed by atoms with Gasteiger partial charge in [0.25, 0.3) is 0 Å². The number of hydrogen-bond donors (Lipinski definition) is 0. The van der Waals surface area contributed by atoms with E-state index >= 15 is 0 Å². The standard InChI is InChI=1S/C45H28N2O/c1-4-14-29(15-5-1)43-34-21-11-13-23-40(34)46-44(47-43)30-24-25-41-36(26-30)37-27-35-33-20-10-12-22-38(33)45(31-16-6-2-7-17-31,32-18-8-3-9-19-32)39(35)28-42(37)48-41/h1-28H. The number of aromatic nitrogens is 2. The van der Waals surface area contributed by atoms with Gasteiger partial charge in [-0.05, 0) is 69.8 Å². The molecule has 7 aromatic carbocycles. The fourth-order valence-electron chi connectivity index (χ4n) is 7.87. The van der Waals surface area contributed by atoms with Gasteiger partial charge in [-0.25, -0.2) is 9.97 Å². The summed E-state index contributed by atoms with van der Waals surface area (Å²) in [7, 11) is 0. The summed E-state index contributed by atoms with van der Waals surface area (Å²) in [6.45, 7) is 0. The summed E-state index contributed by atoms with van der Waals surface area (Å²) in [5, 5.41) is 3.18. The molecule has 0 unspecified atom stereocenters. The highest BCUT2D eigenvalue weighted by atomic mass is 16.3. The van der Waals surface area contributed by atoms with Crippen LogP contribution in [0.4, 0.5) is 0 Å². The summed E-state index contributed by atoms with van der Waals surface area (Å²) in [5.74, 6) is 0.697. The van der Waals surface area contributed by atoms with Crippen molar-refractivity contribution in [3.8, 4) is 33.8 Å². The first-order valence-corrected chi connectivity index (χ1v) is 16.3. The lowest BCUT2D eigenvalue weighted by atomic mass is 9.67. The third-order valence-electron chi connectivity index (χ3n) is 9.96. The van der Waals surface area contributed by atoms with Crippen LogP contribution in [0.1, 0.15) is 22.3 Å². The first-order chi connectivity index (χ1) is 23.8. The van der Waals surface area contributed by atoms with Gasteiger partial charge in [-0.2, -0.15) is 0 Å². The van der Waals surface area contributed by atoms with E-state index in [1.54, 1.807) is 0 Å². The third-order valence-corrected chi connectivity index (χ3v) is 9.96. The van der Waals surface area contributed by atoms with E-state index in [1.807, 2.05) is 18.2 Å². The smallest absolute Gasteiger partial charge is 0.160 e. The minimum atomic E-state index is -0.473. The fraction of sp³-hybridized carbons (Fsp3) is 0.0222. The third kappa shape index (κ3) is 3.82. The van der Waals surface area contributed by atoms with Crippen molar-refractivity contribution in [2.75, 3.05) is 0 Å². The van der Waals surface area contributed by atoms with Gasteiger partial charge in [0.1, 0.15) is 11.2 Å². The second kappa shape index (κ2) is 10.3. The first kappa shape index (κ1) is 26.9. The van der Waals surface area contributed by atoms with Crippen molar-refractivity contribution in [3.63, 3.8) is 0 Å². The van der Waals surface area contributed by atoms with Crippen LogP contribution in [-0.4, -0.2) is 9.97 Å². The van der Waals surface area contributed by atoms with Gasteiger partial charge in [0.15, 0.2) is 5.82 Å². The van der Waals surface area contributed by atoms with Crippen LogP contribution >= 0.6 is 0 Å². The molecule has 9 aromatic rings. The molecule has 0 N–H and O–H groups in total. The number of nitrogens with zero attached hydrogens (tertiary/aromatic N) is 2. The number of hydrogen-bond acceptors (Lipinski definition) is 3. The molecule has 0 aliphatic heterocycles. The molecule has 1 aliphatic carbocycles. The molecular weight excluding hydrogens is 585 g/mol. The van der Waals surface area contributed by atoms with Gasteiger partial charge in [-0.15, -0.1) is 0 Å². The van der Waals surface area contributed by atoms with Gasteiger partial charge < -0.3 is 4.42 Å². The summed E-state index contributed by atoms with van der Waals surface area (Å²) in [5.41, 5.74) is 12.6. The van der Waals surface area contributed by atoms with Crippen molar-refractivity contribution in [1.82, 2.24) is 9.97 Å². The van der Waals surface area contributed by atoms with E-state index in [9.17, 15) is 0 Å². The first-order valence-electron chi connectivity index (χ1n) is 16.3. The average molecular weight is 613 g/mol. The van der Waals surface area contributed by atoms with Crippen molar-refractivity contribution in [2.24, 2.45) is 0 Å². The lowest BCUT2D eigenvalue weighted by Crippen LogP contribution is -2.28. The Morgan fingerprint density at radius 1 is 0.417 bits per heavy atom. The number of benzene rings is 7. The highest BCUT2D eigenvalue weighted by Crippen LogP contribution is 2.57. The number of furan rings is 1. The van der Waals surface area contributed by atoms with Crippen LogP contribution in [0.25, 0.3) is 66.6 Å². The van der Waals surface area contributed by atoms with Crippen molar-refractivity contribution in [1.29, 1.82) is 0 Å². The molecule has 2 heterocycles. The Bertz CT molecular complexity index is 2620. The van der Waals surface area contributed by atoms with Gasteiger partial charge in [-0.1, -0.05) is 133 Å². The Kier molecular flexibility index (Phi) is 5.79. The second-order valence-corrected chi connectivity index (χ2v) is 12.5. The zero-order valence-corrected chi connectivity index (χ0v) is 26.0. The van der Waals surface area contributed by atoms with Crippen molar-refractivity contribution in [3.05, 3.63) is 192 Å². The Morgan fingerprint density at radius 2 is 1.06 bits per heavy atom. The van der Waals surface area contributed by atoms with Crippen LogP contribution < -0.4 is 0 Å². The zero-order chi connectivity index (χ0) is 31.7. The number of rotatable bonds is 4. The van der Waals surface area contributed by atoms with E-state index < -0.39 is 5.41 Å². The van der Waals surface area contributed by atoms with Crippen molar-refractivity contribution >= 4 is 32.8 Å². The van der Waals surface area contributed by atoms with E-state index in [2.05, 4.69) is 152 Å². The molecule has 3 nitrogen and oxygen atoms in total. The van der Waals surface area contributed by atoms with Crippen LogP contribution in [0.5, 0.6) is 0 Å². The van der Waals surface area contributed by atoms with Crippen molar-refractivity contribution < 1.29 is 4.42 Å². The summed E-state index contributed by atoms with van der Waals surface area (Å²) >= 11 is 0. The fourth-order valence-corrected chi connectivity index (χ4v) is 7.87. The summed E-state index contributed by atoms with van der Waals surface area (Å²) in [6, 6.07) is 60.1. The van der Waals surface area contributed by atoms with Crippen LogP contribution in [-0.2, 0) is 5.41 Å². The molecule has 0 saturated heterocycles. The predicted molar refractivity (Wildman–Crippen MR) is 195 cm³/mol. The van der Waals surface area contributed by atoms with E-state index in [1.165, 1.54) is 33.4 Å². The lowest BCUT2D eigenvalue weighted by molar-refractivity contribution is 0.666. The van der Waals surface area contributed by atoms with E-state index in [0.717, 1.165) is 49.7 Å². The molecule has 0 radical (unpaired) electrons. The average Bonchev–Trinajstić information content (AvgIpc) is 3.67. The highest BCUT2D eigenvalue weighted by Gasteiger charge is 2.46. The normalized spacial score (nSPS) is 13.2. The Balaban J connectivity index is 1.22. The predicted octanol–water partition coefficient (Wildman–Crippen LogP) is 11.2. The van der Waals surface area contributed by atoms with Crippen LogP contribution in [0, 0.1) is 0 Å². The Labute approximate surface area is 277 Å². The second-order valence-electron chi connectivity index (χ2n) is 12.5. The molecule has 0 atom stereocenters. The molecule has 224 valence electrons. The van der Waals surface area contributed by atoms with Gasteiger partial charge in [-0.3, -0.25) is 0 Å². The van der Waals surface area contributed by atoms with Gasteiger partial charge >= 0.3 is 0 Å². The molecule has 0 spiro atoms. The van der Waals surface area contributed by atoms with Gasteiger partial charge in [0.2, 0.25) is 0 Å². The largest absolute Gasteiger partial charge is 0.456 e. The van der Waals surface area contributed by atoms with E-state index in [0.29, 0.717) is 5.82 Å². The van der Waals surface area contributed by atoms with Crippen molar-refractivity contribution in [2.45, 2.75) is 5.41 Å². The molecule has 2 aromatic heterocycles. The highest BCUT2D eigenvalue weighted by molar-refractivity contribution is 6.09. The SMILES string of the molecule is c1ccc(-c2nc(-c3ccc4oc5cc6c(cc5c4c3)-c3ccccc3C6(c3ccccc3)c3ccccc3)nc3ccccc23)cc1. The monoisotopic (exact) mass is 612 g/mol. The molecule has 3 heteroatoms. The van der Waals surface area contributed by atoms with Gasteiger partial charge in [0.05, 0.1) is 16.6 Å². The van der Waals surface area contributed by atoms with Crippen LogP contribution in [0.2, 0.25) is 0 Å². The quantitative estimate of drug-likeness (QED) is 0.198. The summed E-state index contributed by atoms with van der Waals surface area (Å²) in [6.07, 6.45) is 0. The number of para-hydroxylation sites is 1. The Hall–Kier alpha value is -6.32. The topological polar surface area (TPSA) is 38.9 Å². The zero-order valence-electron chi connectivity index (χ0n) is 26.0. The minimum Gasteiger partial charge on any atom is -0.456 e. The van der Waals surface area contributed by atoms with E-state index in [-0.39, 0.29) is 0 Å². The van der Waals surface area contributed by atoms with E-state index in [4.69, 9.17) is 14.4 Å². The molecule has 0 amide bonds. The molecule has 0 bridgehead atoms. The summed E-state index contributed by atoms with van der Waals surface area (Å²) < 4.78 is 6.65. The summed E-state index contributed by atoms with van der Waals surface area (Å²) in [4.78, 5) is 10.2. The lowest BCUT2D eigenvalue weighted by Gasteiger charge is -2.33. The van der Waals surface area contributed by atoms with Crippen LogP contribution in [0.3, 0.4) is 0 Å². The molecule has 48 heavy (non-hydrogen) atoms. The molecule has 10 rings (SSSR count). The molecule has 0 fully saturated rings. The van der Waals surface area contributed by atoms with Crippen LogP contribution in [0.15, 0.2) is 174 Å². The molecule has 1 aliphatic rings. The maximum absolute atomic E-state index is 6.65. The molecule has 0 saturated carbocycles. The maximum Gasteiger partial charge on any atom is 0.160 e. The number of fused-ring (bicyclic) bond motifs is 7. The Morgan fingerprint density at radius 3 is 1.83 bits per heavy atom. The molecular formula is C45H28N2O. The maximum atomic E-state index is 6.65.